The van der Waals surface area contributed by atoms with E-state index in [-0.39, 0.29) is 11.7 Å². The summed E-state index contributed by atoms with van der Waals surface area (Å²) in [6.07, 6.45) is 2.64. The zero-order valence-corrected chi connectivity index (χ0v) is 18.4. The van der Waals surface area contributed by atoms with Gasteiger partial charge in [0.15, 0.2) is 18.1 Å². The fourth-order valence-corrected chi connectivity index (χ4v) is 4.62. The quantitative estimate of drug-likeness (QED) is 0.475. The minimum Gasteiger partial charge on any atom is -0.454 e. The van der Waals surface area contributed by atoms with E-state index >= 15 is 0 Å². The molecule has 0 spiro atoms. The number of nitrogens with zero attached hydrogens (tertiary/aromatic N) is 1. The van der Waals surface area contributed by atoms with Gasteiger partial charge in [-0.3, -0.25) is 4.79 Å². The molecule has 2 aliphatic rings. The second-order valence-electron chi connectivity index (χ2n) is 7.14. The number of fused-ring (bicyclic) bond motifs is 1. The maximum atomic E-state index is 12.6. The maximum absolute atomic E-state index is 12.6. The molecule has 2 aromatic carbocycles. The molecule has 11 heteroatoms. The van der Waals surface area contributed by atoms with Crippen molar-refractivity contribution >= 4 is 33.7 Å². The average molecular weight is 474 g/mol. The van der Waals surface area contributed by atoms with Crippen molar-refractivity contribution in [2.75, 3.05) is 45.0 Å². The molecule has 4 rings (SSSR count). The van der Waals surface area contributed by atoms with Gasteiger partial charge in [-0.2, -0.15) is 4.31 Å². The molecular formula is C22H22N2O8S. The standard InChI is InChI=1S/C22H22N2O8S/c25-21(23-17-4-7-19-20(13-17)32-15-31-19)14-30-22(26)8-3-16-1-5-18(6-2-16)33(27,28)24-9-11-29-12-10-24/h1-8,13H,9-12,14-15H2,(H,23,25)/b8-3+. The van der Waals surface area contributed by atoms with Crippen molar-refractivity contribution in [1.29, 1.82) is 0 Å². The SMILES string of the molecule is O=C(COC(=O)/C=C/c1ccc(S(=O)(=O)N2CCOCC2)cc1)Nc1ccc2c(c1)OCO2. The molecule has 0 saturated carbocycles. The molecule has 1 fully saturated rings. The highest BCUT2D eigenvalue weighted by Gasteiger charge is 2.26. The molecule has 0 atom stereocenters. The van der Waals surface area contributed by atoms with Crippen LogP contribution >= 0.6 is 0 Å². The molecule has 0 aliphatic carbocycles. The lowest BCUT2D eigenvalue weighted by molar-refractivity contribution is -0.142. The van der Waals surface area contributed by atoms with E-state index in [9.17, 15) is 18.0 Å². The van der Waals surface area contributed by atoms with E-state index in [1.54, 1.807) is 30.3 Å². The third kappa shape index (κ3) is 5.69. The van der Waals surface area contributed by atoms with Crippen molar-refractivity contribution in [2.24, 2.45) is 0 Å². The first kappa shape index (κ1) is 22.8. The first-order chi connectivity index (χ1) is 15.9. The molecule has 1 N–H and O–H groups in total. The Morgan fingerprint density at radius 1 is 1.03 bits per heavy atom. The fourth-order valence-electron chi connectivity index (χ4n) is 3.21. The van der Waals surface area contributed by atoms with Crippen molar-refractivity contribution in [3.8, 4) is 11.5 Å². The van der Waals surface area contributed by atoms with Crippen LogP contribution in [0.1, 0.15) is 5.56 Å². The molecule has 1 saturated heterocycles. The number of nitrogens with one attached hydrogen (secondary N) is 1. The van der Waals surface area contributed by atoms with Crippen LogP contribution in [-0.4, -0.2) is 64.3 Å². The lowest BCUT2D eigenvalue weighted by Crippen LogP contribution is -2.40. The van der Waals surface area contributed by atoms with Crippen molar-refractivity contribution in [3.63, 3.8) is 0 Å². The number of sulfonamides is 1. The third-order valence-electron chi connectivity index (χ3n) is 4.90. The summed E-state index contributed by atoms with van der Waals surface area (Å²) in [5, 5.41) is 2.60. The Bertz CT molecular complexity index is 1160. The second kappa shape index (κ2) is 10.0. The summed E-state index contributed by atoms with van der Waals surface area (Å²) in [4.78, 5) is 24.1. The summed E-state index contributed by atoms with van der Waals surface area (Å²) in [6, 6.07) is 11.1. The number of amides is 1. The van der Waals surface area contributed by atoms with E-state index in [0.29, 0.717) is 49.1 Å². The first-order valence-corrected chi connectivity index (χ1v) is 11.6. The van der Waals surface area contributed by atoms with Gasteiger partial charge in [-0.15, -0.1) is 0 Å². The number of carbonyl (C=O) groups is 2. The normalized spacial score (nSPS) is 16.0. The van der Waals surface area contributed by atoms with Gasteiger partial charge in [0, 0.05) is 30.9 Å². The van der Waals surface area contributed by atoms with E-state index in [2.05, 4.69) is 5.32 Å². The highest BCUT2D eigenvalue weighted by atomic mass is 32.2. The highest BCUT2D eigenvalue weighted by molar-refractivity contribution is 7.89. The molecule has 0 aromatic heterocycles. The van der Waals surface area contributed by atoms with Gasteiger partial charge in [-0.05, 0) is 35.9 Å². The molecule has 2 aliphatic heterocycles. The number of carbonyl (C=O) groups excluding carboxylic acids is 2. The highest BCUT2D eigenvalue weighted by Crippen LogP contribution is 2.34. The van der Waals surface area contributed by atoms with Crippen LogP contribution in [0.15, 0.2) is 53.4 Å². The summed E-state index contributed by atoms with van der Waals surface area (Å²) in [5.41, 5.74) is 1.10. The van der Waals surface area contributed by atoms with Crippen molar-refractivity contribution < 1.29 is 37.0 Å². The van der Waals surface area contributed by atoms with E-state index in [1.165, 1.54) is 28.6 Å². The Labute approximate surface area is 190 Å². The van der Waals surface area contributed by atoms with E-state index in [1.807, 2.05) is 0 Å². The van der Waals surface area contributed by atoms with Gasteiger partial charge in [0.05, 0.1) is 18.1 Å². The molecule has 0 unspecified atom stereocenters. The Hall–Kier alpha value is -3.41. The lowest BCUT2D eigenvalue weighted by Gasteiger charge is -2.26. The van der Waals surface area contributed by atoms with Gasteiger partial charge in [-0.1, -0.05) is 12.1 Å². The number of benzene rings is 2. The summed E-state index contributed by atoms with van der Waals surface area (Å²) >= 11 is 0. The van der Waals surface area contributed by atoms with Crippen LogP contribution in [0.25, 0.3) is 6.08 Å². The van der Waals surface area contributed by atoms with Gasteiger partial charge in [0.2, 0.25) is 16.8 Å². The molecule has 2 heterocycles. The summed E-state index contributed by atoms with van der Waals surface area (Å²) < 4.78 is 47.2. The number of hydrogen-bond acceptors (Lipinski definition) is 8. The maximum Gasteiger partial charge on any atom is 0.331 e. The van der Waals surface area contributed by atoms with E-state index in [0.717, 1.165) is 0 Å². The van der Waals surface area contributed by atoms with Crippen LogP contribution in [-0.2, 0) is 29.1 Å². The Morgan fingerprint density at radius 2 is 1.76 bits per heavy atom. The predicted octanol–water partition coefficient (Wildman–Crippen LogP) is 1.63. The average Bonchev–Trinajstić information content (AvgIpc) is 3.30. The monoisotopic (exact) mass is 474 g/mol. The smallest absolute Gasteiger partial charge is 0.331 e. The molecular weight excluding hydrogens is 452 g/mol. The van der Waals surface area contributed by atoms with Gasteiger partial charge < -0.3 is 24.3 Å². The number of hydrogen-bond donors (Lipinski definition) is 1. The van der Waals surface area contributed by atoms with Crippen LogP contribution in [0.4, 0.5) is 5.69 Å². The third-order valence-corrected chi connectivity index (χ3v) is 6.81. The number of rotatable bonds is 7. The molecule has 0 bridgehead atoms. The van der Waals surface area contributed by atoms with Crippen LogP contribution < -0.4 is 14.8 Å². The van der Waals surface area contributed by atoms with Crippen molar-refractivity contribution in [2.45, 2.75) is 4.90 Å². The lowest BCUT2D eigenvalue weighted by atomic mass is 10.2. The number of esters is 1. The van der Waals surface area contributed by atoms with Crippen LogP contribution in [0.5, 0.6) is 11.5 Å². The second-order valence-corrected chi connectivity index (χ2v) is 9.08. The minimum absolute atomic E-state index is 0.128. The number of morpholine rings is 1. The van der Waals surface area contributed by atoms with Gasteiger partial charge in [-0.25, -0.2) is 13.2 Å². The predicted molar refractivity (Wildman–Crippen MR) is 117 cm³/mol. The van der Waals surface area contributed by atoms with Gasteiger partial charge >= 0.3 is 5.97 Å². The number of ether oxygens (including phenoxy) is 4. The molecule has 0 radical (unpaired) electrons. The van der Waals surface area contributed by atoms with Crippen molar-refractivity contribution in [1.82, 2.24) is 4.31 Å². The Kier molecular flexibility index (Phi) is 6.92. The van der Waals surface area contributed by atoms with Crippen molar-refractivity contribution in [3.05, 3.63) is 54.1 Å². The van der Waals surface area contributed by atoms with Crippen LogP contribution in [0, 0.1) is 0 Å². The molecule has 174 valence electrons. The topological polar surface area (TPSA) is 120 Å². The fraction of sp³-hybridized carbons (Fsp3) is 0.273. The minimum atomic E-state index is -3.58. The largest absolute Gasteiger partial charge is 0.454 e. The summed E-state index contributed by atoms with van der Waals surface area (Å²) in [7, 11) is -3.58. The summed E-state index contributed by atoms with van der Waals surface area (Å²) in [5.74, 6) is -0.0954. The van der Waals surface area contributed by atoms with E-state index < -0.39 is 28.5 Å². The number of anilines is 1. The Morgan fingerprint density at radius 3 is 2.52 bits per heavy atom. The van der Waals surface area contributed by atoms with E-state index in [4.69, 9.17) is 18.9 Å². The Balaban J connectivity index is 1.26. The molecule has 33 heavy (non-hydrogen) atoms. The first-order valence-electron chi connectivity index (χ1n) is 10.1. The molecule has 1 amide bonds. The van der Waals surface area contributed by atoms with Gasteiger partial charge in [0.1, 0.15) is 0 Å². The molecule has 2 aromatic rings. The zero-order chi connectivity index (χ0) is 23.3. The van der Waals surface area contributed by atoms with Crippen LogP contribution in [0.2, 0.25) is 0 Å². The summed E-state index contributed by atoms with van der Waals surface area (Å²) in [6.45, 7) is 1.04. The van der Waals surface area contributed by atoms with Gasteiger partial charge in [0.25, 0.3) is 5.91 Å². The molecule has 10 nitrogen and oxygen atoms in total. The van der Waals surface area contributed by atoms with Crippen LogP contribution in [0.3, 0.4) is 0 Å². The zero-order valence-electron chi connectivity index (χ0n) is 17.6.